The van der Waals surface area contributed by atoms with E-state index in [0.717, 1.165) is 27.5 Å². The van der Waals surface area contributed by atoms with E-state index in [-0.39, 0.29) is 5.41 Å². The monoisotopic (exact) mass is 539 g/mol. The number of hydrogen-bond donors (Lipinski definition) is 1. The van der Waals surface area contributed by atoms with E-state index in [0.29, 0.717) is 17.2 Å². The Kier molecular flexibility index (Phi) is 14.3. The topological polar surface area (TPSA) is 49.0 Å². The first kappa shape index (κ1) is 32.8. The fourth-order valence-corrected chi connectivity index (χ4v) is 4.16. The minimum Gasteiger partial charge on any atom is -0.495 e. The highest BCUT2D eigenvalue weighted by molar-refractivity contribution is 8.00. The number of anilines is 1. The molecule has 0 amide bonds. The van der Waals surface area contributed by atoms with Gasteiger partial charge < -0.3 is 23.7 Å². The molecule has 0 atom stereocenters. The van der Waals surface area contributed by atoms with Gasteiger partial charge in [0.1, 0.15) is 5.75 Å². The average Bonchev–Trinajstić information content (AvgIpc) is 2.96. The van der Waals surface area contributed by atoms with Gasteiger partial charge in [-0.1, -0.05) is 78.8 Å². The molecule has 0 heterocycles. The lowest BCUT2D eigenvalue weighted by molar-refractivity contribution is 0.324. The van der Waals surface area contributed by atoms with E-state index in [1.165, 1.54) is 5.56 Å². The van der Waals surface area contributed by atoms with Gasteiger partial charge in [0.25, 0.3) is 0 Å². The van der Waals surface area contributed by atoms with Crippen molar-refractivity contribution in [3.8, 4) is 23.0 Å². The van der Waals surface area contributed by atoms with Crippen molar-refractivity contribution in [3.05, 3.63) is 71.3 Å². The maximum atomic E-state index is 5.57. The van der Waals surface area contributed by atoms with Crippen molar-refractivity contribution < 1.29 is 18.9 Å². The second kappa shape index (κ2) is 16.6. The summed E-state index contributed by atoms with van der Waals surface area (Å²) in [7, 11) is 6.50. The summed E-state index contributed by atoms with van der Waals surface area (Å²) in [4.78, 5) is 1.15. The summed E-state index contributed by atoms with van der Waals surface area (Å²) < 4.78 is 25.3. The largest absolute Gasteiger partial charge is 0.495 e. The Bertz CT molecular complexity index is 1130. The molecule has 6 heteroatoms. The number of ether oxygens (including phenoxy) is 4. The number of methoxy groups -OCH3 is 4. The summed E-state index contributed by atoms with van der Waals surface area (Å²) in [6.45, 7) is 14.7. The zero-order valence-corrected chi connectivity index (χ0v) is 25.7. The highest BCUT2D eigenvalue weighted by atomic mass is 32.2. The van der Waals surface area contributed by atoms with Crippen LogP contribution in [-0.2, 0) is 5.41 Å². The van der Waals surface area contributed by atoms with E-state index in [9.17, 15) is 0 Å². The maximum Gasteiger partial charge on any atom is 0.203 e. The fourth-order valence-electron chi connectivity index (χ4n) is 3.44. The van der Waals surface area contributed by atoms with Gasteiger partial charge in [-0.05, 0) is 70.5 Å². The zero-order chi connectivity index (χ0) is 28.7. The second-order valence-corrected chi connectivity index (χ2v) is 9.61. The van der Waals surface area contributed by atoms with Crippen LogP contribution in [0.1, 0.15) is 65.2 Å². The van der Waals surface area contributed by atoms with Crippen LogP contribution in [-0.4, -0.2) is 28.4 Å². The summed E-state index contributed by atoms with van der Waals surface area (Å²) >= 11 is 1.57. The van der Waals surface area contributed by atoms with Gasteiger partial charge in [-0.25, -0.2) is 0 Å². The van der Waals surface area contributed by atoms with Crippen LogP contribution in [0.4, 0.5) is 5.69 Å². The van der Waals surface area contributed by atoms with Crippen LogP contribution < -0.4 is 23.7 Å². The molecule has 0 saturated heterocycles. The lowest BCUT2D eigenvalue weighted by Gasteiger charge is -2.19. The van der Waals surface area contributed by atoms with Gasteiger partial charge in [0.15, 0.2) is 11.5 Å². The Morgan fingerprint density at radius 3 is 1.76 bits per heavy atom. The van der Waals surface area contributed by atoms with E-state index in [1.54, 1.807) is 40.4 Å². The molecule has 38 heavy (non-hydrogen) atoms. The molecule has 0 aliphatic carbocycles. The van der Waals surface area contributed by atoms with E-state index in [4.69, 9.17) is 18.9 Å². The van der Waals surface area contributed by atoms with Crippen molar-refractivity contribution >= 4 is 29.8 Å². The quantitative estimate of drug-likeness (QED) is 0.216. The van der Waals surface area contributed by atoms with E-state index < -0.39 is 0 Å². The lowest BCUT2D eigenvalue weighted by Crippen LogP contribution is -2.10. The van der Waals surface area contributed by atoms with Crippen LogP contribution in [0.5, 0.6) is 23.0 Å². The Morgan fingerprint density at radius 1 is 0.658 bits per heavy atom. The molecule has 3 aromatic carbocycles. The molecule has 0 aliphatic rings. The highest BCUT2D eigenvalue weighted by Crippen LogP contribution is 2.39. The third-order valence-electron chi connectivity index (χ3n) is 5.36. The smallest absolute Gasteiger partial charge is 0.203 e. The van der Waals surface area contributed by atoms with Gasteiger partial charge in [-0.15, -0.1) is 0 Å². The van der Waals surface area contributed by atoms with Crippen molar-refractivity contribution in [1.82, 2.24) is 0 Å². The molecular weight excluding hydrogens is 494 g/mol. The van der Waals surface area contributed by atoms with Crippen molar-refractivity contribution in [3.63, 3.8) is 0 Å². The second-order valence-electron chi connectivity index (χ2n) is 8.73. The highest BCUT2D eigenvalue weighted by Gasteiger charge is 2.14. The van der Waals surface area contributed by atoms with Crippen molar-refractivity contribution in [2.75, 3.05) is 33.2 Å². The molecule has 0 aromatic heterocycles. The van der Waals surface area contributed by atoms with Gasteiger partial charge in [0.05, 0.1) is 34.1 Å². The molecule has 0 spiro atoms. The van der Waals surface area contributed by atoms with E-state index >= 15 is 0 Å². The Labute approximate surface area is 234 Å². The molecule has 0 unspecified atom stereocenters. The molecule has 0 aliphatic heterocycles. The first-order valence-electron chi connectivity index (χ1n) is 13.0. The van der Waals surface area contributed by atoms with Crippen LogP contribution >= 0.6 is 11.9 Å². The predicted molar refractivity (Wildman–Crippen MR) is 165 cm³/mol. The van der Waals surface area contributed by atoms with Gasteiger partial charge in [-0.3, -0.25) is 0 Å². The molecule has 0 saturated carbocycles. The number of hydrogen-bond acceptors (Lipinski definition) is 6. The predicted octanol–water partition coefficient (Wildman–Crippen LogP) is 9.36. The Morgan fingerprint density at radius 2 is 1.24 bits per heavy atom. The summed E-state index contributed by atoms with van der Waals surface area (Å²) in [5, 5.41) is 0. The molecule has 0 radical (unpaired) electrons. The molecule has 0 bridgehead atoms. The van der Waals surface area contributed by atoms with Crippen LogP contribution in [0.15, 0.2) is 59.5 Å². The summed E-state index contributed by atoms with van der Waals surface area (Å²) in [6, 6.07) is 18.5. The number of benzene rings is 3. The summed E-state index contributed by atoms with van der Waals surface area (Å²) in [5.41, 5.74) is 4.27. The minimum atomic E-state index is 0.103. The molecule has 3 aromatic rings. The third-order valence-corrected chi connectivity index (χ3v) is 6.17. The van der Waals surface area contributed by atoms with Crippen LogP contribution in [0.25, 0.3) is 12.2 Å². The van der Waals surface area contributed by atoms with Crippen LogP contribution in [0.3, 0.4) is 0 Å². The standard InChI is InChI=1S/C28H33NO4S.2C2H6/c1-28(2,3)21-9-8-10-22(18-21)34-29-23-15-19(13-14-24(23)30-4)11-12-20-16-25(31-5)27(33-7)26(17-20)32-6;2*1-2/h8-18,29H,1-7H3;2*1-2H3/b12-11-;;. The lowest BCUT2D eigenvalue weighted by atomic mass is 9.87. The summed E-state index contributed by atoms with van der Waals surface area (Å²) in [5.74, 6) is 2.59. The Hall–Kier alpha value is -3.25. The van der Waals surface area contributed by atoms with E-state index in [1.807, 2.05) is 64.1 Å². The van der Waals surface area contributed by atoms with E-state index in [2.05, 4.69) is 55.8 Å². The first-order chi connectivity index (χ1) is 18.3. The minimum absolute atomic E-state index is 0.103. The van der Waals surface area contributed by atoms with Crippen molar-refractivity contribution in [2.45, 2.75) is 58.8 Å². The van der Waals surface area contributed by atoms with Gasteiger partial charge >= 0.3 is 0 Å². The van der Waals surface area contributed by atoms with Gasteiger partial charge in [-0.2, -0.15) is 0 Å². The molecule has 0 fully saturated rings. The SMILES string of the molecule is CC.CC.COc1ccc(/C=C\c2cc(OC)c(OC)c(OC)c2)cc1NSc1cccc(C(C)(C)C)c1. The zero-order valence-electron chi connectivity index (χ0n) is 24.9. The maximum absolute atomic E-state index is 5.57. The summed E-state index contributed by atoms with van der Waals surface area (Å²) in [6.07, 6.45) is 4.05. The molecule has 208 valence electrons. The number of rotatable bonds is 9. The van der Waals surface area contributed by atoms with Crippen molar-refractivity contribution in [2.24, 2.45) is 0 Å². The fraction of sp³-hybridized carbons (Fsp3) is 0.375. The van der Waals surface area contributed by atoms with Gasteiger partial charge in [0.2, 0.25) is 5.75 Å². The molecular formula is C32H45NO4S. The molecule has 1 N–H and O–H groups in total. The first-order valence-corrected chi connectivity index (χ1v) is 13.8. The molecule has 3 rings (SSSR count). The van der Waals surface area contributed by atoms with Gasteiger partial charge in [0, 0.05) is 4.90 Å². The third kappa shape index (κ3) is 9.25. The van der Waals surface area contributed by atoms with Crippen LogP contribution in [0.2, 0.25) is 0 Å². The van der Waals surface area contributed by atoms with Crippen molar-refractivity contribution in [1.29, 1.82) is 0 Å². The average molecular weight is 540 g/mol. The Balaban J connectivity index is 0.00000172. The number of nitrogens with one attached hydrogen (secondary N) is 1. The van der Waals surface area contributed by atoms with Crippen LogP contribution in [0, 0.1) is 0 Å². The molecule has 5 nitrogen and oxygen atoms in total. The normalized spacial score (nSPS) is 10.5.